The van der Waals surface area contributed by atoms with Crippen molar-refractivity contribution in [1.29, 1.82) is 5.26 Å². The Morgan fingerprint density at radius 2 is 2.06 bits per heavy atom. The van der Waals surface area contributed by atoms with Crippen LogP contribution in [0.1, 0.15) is 17.5 Å². The highest BCUT2D eigenvalue weighted by Gasteiger charge is 2.50. The number of hydrogen-bond donors (Lipinski definition) is 0. The molecular formula is C22H18ClN7O2S. The number of carbonyl (C=O) groups excluding carboxylic acids is 2. The molecule has 0 aromatic carbocycles. The van der Waals surface area contributed by atoms with Crippen LogP contribution in [0.5, 0.6) is 0 Å². The number of rotatable bonds is 4. The van der Waals surface area contributed by atoms with Gasteiger partial charge >= 0.3 is 6.03 Å². The van der Waals surface area contributed by atoms with Crippen LogP contribution in [0.15, 0.2) is 36.9 Å². The van der Waals surface area contributed by atoms with E-state index in [1.54, 1.807) is 35.2 Å². The lowest BCUT2D eigenvalue weighted by molar-refractivity contribution is -0.119. The first-order chi connectivity index (χ1) is 15.9. The van der Waals surface area contributed by atoms with Gasteiger partial charge in [0.05, 0.1) is 42.1 Å². The van der Waals surface area contributed by atoms with Crippen LogP contribution in [0.4, 0.5) is 10.5 Å². The third kappa shape index (κ3) is 3.44. The maximum absolute atomic E-state index is 13.7. The number of fused-ring (bicyclic) bond motifs is 2. The molecule has 0 aliphatic carbocycles. The van der Waals surface area contributed by atoms with E-state index in [1.165, 1.54) is 18.0 Å². The molecule has 2 unspecified atom stereocenters. The molecule has 3 aromatic rings. The smallest absolute Gasteiger partial charge is 0.315 e. The third-order valence-corrected chi connectivity index (χ3v) is 7.36. The van der Waals surface area contributed by atoms with Crippen molar-refractivity contribution in [2.24, 2.45) is 7.05 Å². The number of imide groups is 1. The lowest BCUT2D eigenvalue weighted by atomic mass is 10.0. The van der Waals surface area contributed by atoms with E-state index in [2.05, 4.69) is 21.1 Å². The summed E-state index contributed by atoms with van der Waals surface area (Å²) in [4.78, 5) is 39.3. The highest BCUT2D eigenvalue weighted by Crippen LogP contribution is 2.46. The molecule has 0 bridgehead atoms. The van der Waals surface area contributed by atoms with Crippen LogP contribution in [0.25, 0.3) is 15.8 Å². The number of carbonyl (C=O) groups is 2. The number of thioether (sulfide) groups is 1. The van der Waals surface area contributed by atoms with Crippen LogP contribution in [0.3, 0.4) is 0 Å². The topological polar surface area (TPSA) is 108 Å². The van der Waals surface area contributed by atoms with Crippen LogP contribution >= 0.6 is 23.4 Å². The van der Waals surface area contributed by atoms with E-state index in [0.717, 1.165) is 26.3 Å². The van der Waals surface area contributed by atoms with Gasteiger partial charge in [0.25, 0.3) is 5.91 Å². The third-order valence-electron chi connectivity index (χ3n) is 5.71. The SMILES string of the molecule is Cc1cnc(Cl)c(C2=CC3C(S2)C(=O)N(c2cncc4cnn(C)c24)C(=O)N3CCC#N)c1. The molecule has 3 amide bonds. The molecule has 33 heavy (non-hydrogen) atoms. The van der Waals surface area contributed by atoms with Crippen LogP contribution in [0.2, 0.25) is 5.15 Å². The molecular weight excluding hydrogens is 462 g/mol. The van der Waals surface area contributed by atoms with Gasteiger partial charge in [-0.25, -0.2) is 14.7 Å². The number of amides is 3. The summed E-state index contributed by atoms with van der Waals surface area (Å²) in [5, 5.41) is 13.9. The average Bonchev–Trinajstić information content (AvgIpc) is 3.40. The Kier molecular flexibility index (Phi) is 5.31. The molecule has 2 aliphatic heterocycles. The van der Waals surface area contributed by atoms with E-state index in [-0.39, 0.29) is 18.9 Å². The zero-order chi connectivity index (χ0) is 23.3. The molecule has 166 valence electrons. The molecule has 11 heteroatoms. The summed E-state index contributed by atoms with van der Waals surface area (Å²) in [6, 6.07) is 3.02. The van der Waals surface area contributed by atoms with Crippen molar-refractivity contribution in [2.45, 2.75) is 24.6 Å². The monoisotopic (exact) mass is 479 g/mol. The van der Waals surface area contributed by atoms with Crippen molar-refractivity contribution in [2.75, 3.05) is 11.4 Å². The molecule has 0 N–H and O–H groups in total. The van der Waals surface area contributed by atoms with Gasteiger partial charge in [0, 0.05) is 41.8 Å². The zero-order valence-electron chi connectivity index (χ0n) is 17.8. The fourth-order valence-electron chi connectivity index (χ4n) is 4.21. The van der Waals surface area contributed by atoms with Crippen molar-refractivity contribution in [3.63, 3.8) is 0 Å². The Morgan fingerprint density at radius 1 is 1.24 bits per heavy atom. The Hall–Kier alpha value is -3.42. The van der Waals surface area contributed by atoms with Gasteiger partial charge in [-0.3, -0.25) is 14.5 Å². The molecule has 9 nitrogen and oxygen atoms in total. The fourth-order valence-corrected chi connectivity index (χ4v) is 5.81. The van der Waals surface area contributed by atoms with E-state index < -0.39 is 17.3 Å². The van der Waals surface area contributed by atoms with Crippen molar-refractivity contribution >= 4 is 56.8 Å². The second-order valence-corrected chi connectivity index (χ2v) is 9.37. The number of pyridine rings is 2. The van der Waals surface area contributed by atoms with Gasteiger partial charge in [-0.05, 0) is 24.6 Å². The first kappa shape index (κ1) is 21.4. The number of aryl methyl sites for hydroxylation is 2. The quantitative estimate of drug-likeness (QED) is 0.526. The van der Waals surface area contributed by atoms with E-state index in [0.29, 0.717) is 16.4 Å². The van der Waals surface area contributed by atoms with Crippen molar-refractivity contribution in [3.05, 3.63) is 53.2 Å². The summed E-state index contributed by atoms with van der Waals surface area (Å²) in [5.74, 6) is -0.346. The summed E-state index contributed by atoms with van der Waals surface area (Å²) in [6.07, 6.45) is 8.47. The normalized spacial score (nSPS) is 20.2. The number of hydrogen-bond acceptors (Lipinski definition) is 7. The standard InChI is InChI=1S/C22H18ClN7O2S/c1-12-6-14(20(23)26-8-12)17-7-15-19(33-17)21(31)30(22(32)29(15)5-3-4-24)16-11-25-9-13-10-27-28(2)18(13)16/h6-11,15,19H,3,5H2,1-2H3. The molecule has 1 fully saturated rings. The maximum Gasteiger partial charge on any atom is 0.332 e. The van der Waals surface area contributed by atoms with Crippen LogP contribution in [-0.4, -0.2) is 54.4 Å². The zero-order valence-corrected chi connectivity index (χ0v) is 19.3. The van der Waals surface area contributed by atoms with Gasteiger partial charge < -0.3 is 4.90 Å². The summed E-state index contributed by atoms with van der Waals surface area (Å²) in [7, 11) is 1.75. The number of anilines is 1. The molecule has 2 aliphatic rings. The minimum absolute atomic E-state index is 0.145. The Bertz CT molecular complexity index is 1380. The predicted octanol–water partition coefficient (Wildman–Crippen LogP) is 3.53. The van der Waals surface area contributed by atoms with Gasteiger partial charge in [0.15, 0.2) is 0 Å². The largest absolute Gasteiger partial charge is 0.332 e. The Labute approximate surface area is 198 Å². The first-order valence-corrected chi connectivity index (χ1v) is 11.4. The number of nitriles is 1. The lowest BCUT2D eigenvalue weighted by Gasteiger charge is -2.40. The van der Waals surface area contributed by atoms with Crippen LogP contribution in [0, 0.1) is 18.3 Å². The van der Waals surface area contributed by atoms with E-state index in [9.17, 15) is 9.59 Å². The lowest BCUT2D eigenvalue weighted by Crippen LogP contribution is -2.62. The van der Waals surface area contributed by atoms with Crippen molar-refractivity contribution in [1.82, 2.24) is 24.6 Å². The molecule has 5 rings (SSSR count). The summed E-state index contributed by atoms with van der Waals surface area (Å²) < 4.78 is 1.61. The molecule has 5 heterocycles. The highest BCUT2D eigenvalue weighted by atomic mass is 35.5. The molecule has 3 aromatic heterocycles. The molecule has 0 spiro atoms. The molecule has 2 atom stereocenters. The van der Waals surface area contributed by atoms with Gasteiger partial charge in [0.2, 0.25) is 0 Å². The minimum atomic E-state index is -0.587. The first-order valence-electron chi connectivity index (χ1n) is 10.2. The molecule has 0 saturated carbocycles. The van der Waals surface area contributed by atoms with Crippen LogP contribution in [-0.2, 0) is 11.8 Å². The summed E-state index contributed by atoms with van der Waals surface area (Å²) in [6.45, 7) is 2.11. The van der Waals surface area contributed by atoms with Crippen LogP contribution < -0.4 is 4.90 Å². The van der Waals surface area contributed by atoms with Crippen molar-refractivity contribution < 1.29 is 9.59 Å². The second-order valence-electron chi connectivity index (χ2n) is 7.83. The fraction of sp³-hybridized carbons (Fsp3) is 0.273. The Morgan fingerprint density at radius 3 is 2.85 bits per heavy atom. The van der Waals surface area contributed by atoms with Crippen molar-refractivity contribution in [3.8, 4) is 6.07 Å². The van der Waals surface area contributed by atoms with Gasteiger partial charge in [-0.15, -0.1) is 11.8 Å². The number of nitrogens with zero attached hydrogens (tertiary/aromatic N) is 7. The Balaban J connectivity index is 1.60. The maximum atomic E-state index is 13.7. The summed E-state index contributed by atoms with van der Waals surface area (Å²) >= 11 is 7.71. The number of aromatic nitrogens is 4. The molecule has 0 radical (unpaired) electrons. The number of halogens is 1. The average molecular weight is 480 g/mol. The van der Waals surface area contributed by atoms with E-state index >= 15 is 0 Å². The van der Waals surface area contributed by atoms with Gasteiger partial charge in [0.1, 0.15) is 10.4 Å². The molecule has 1 saturated heterocycles. The summed E-state index contributed by atoms with van der Waals surface area (Å²) in [5.41, 5.74) is 2.66. The van der Waals surface area contributed by atoms with E-state index in [1.807, 2.05) is 19.1 Å². The second kappa shape index (κ2) is 8.17. The number of urea groups is 1. The minimum Gasteiger partial charge on any atom is -0.315 e. The van der Waals surface area contributed by atoms with Gasteiger partial charge in [-0.2, -0.15) is 10.4 Å². The highest BCUT2D eigenvalue weighted by molar-refractivity contribution is 8.09. The van der Waals surface area contributed by atoms with E-state index in [4.69, 9.17) is 16.9 Å². The predicted molar refractivity (Wildman–Crippen MR) is 125 cm³/mol. The van der Waals surface area contributed by atoms with Gasteiger partial charge in [-0.1, -0.05) is 11.6 Å².